The van der Waals surface area contributed by atoms with Crippen molar-refractivity contribution in [3.05, 3.63) is 34.3 Å². The van der Waals surface area contributed by atoms with E-state index in [9.17, 15) is 9.90 Å². The molecule has 0 aliphatic carbocycles. The standard InChI is InChI=1S/C13H16BrNO2/c14-11-6-4-10(5-7-11)13(17)15-8-2-1-3-12(15)9-16/h4-7,12,16H,1-3,8-9H2/t12-/m0/s1. The molecule has 1 aliphatic heterocycles. The van der Waals surface area contributed by atoms with Gasteiger partial charge in [-0.25, -0.2) is 0 Å². The highest BCUT2D eigenvalue weighted by molar-refractivity contribution is 9.10. The number of amides is 1. The Morgan fingerprint density at radius 1 is 1.35 bits per heavy atom. The highest BCUT2D eigenvalue weighted by Gasteiger charge is 2.26. The number of likely N-dealkylation sites (tertiary alicyclic amines) is 1. The van der Waals surface area contributed by atoms with Crippen molar-refractivity contribution in [3.8, 4) is 0 Å². The smallest absolute Gasteiger partial charge is 0.254 e. The van der Waals surface area contributed by atoms with E-state index in [0.29, 0.717) is 5.56 Å². The number of aliphatic hydroxyl groups is 1. The molecule has 4 heteroatoms. The van der Waals surface area contributed by atoms with Crippen LogP contribution in [0.5, 0.6) is 0 Å². The quantitative estimate of drug-likeness (QED) is 0.911. The normalized spacial score (nSPS) is 20.4. The first-order chi connectivity index (χ1) is 8.22. The molecule has 1 heterocycles. The minimum atomic E-state index is -0.0140. The third kappa shape index (κ3) is 2.87. The molecule has 1 fully saturated rings. The average molecular weight is 298 g/mol. The van der Waals surface area contributed by atoms with Gasteiger partial charge in [-0.1, -0.05) is 15.9 Å². The maximum absolute atomic E-state index is 12.3. The number of hydrogen-bond acceptors (Lipinski definition) is 2. The first-order valence-electron chi connectivity index (χ1n) is 5.90. The molecule has 1 atom stereocenters. The number of rotatable bonds is 2. The summed E-state index contributed by atoms with van der Waals surface area (Å²) in [7, 11) is 0. The molecule has 0 saturated carbocycles. The molecule has 1 amide bonds. The van der Waals surface area contributed by atoms with Gasteiger partial charge in [0.1, 0.15) is 0 Å². The van der Waals surface area contributed by atoms with Gasteiger partial charge in [-0.05, 0) is 43.5 Å². The lowest BCUT2D eigenvalue weighted by atomic mass is 10.0. The highest BCUT2D eigenvalue weighted by Crippen LogP contribution is 2.20. The molecule has 2 rings (SSSR count). The van der Waals surface area contributed by atoms with E-state index in [1.54, 1.807) is 4.90 Å². The van der Waals surface area contributed by atoms with Crippen molar-refractivity contribution in [1.82, 2.24) is 4.90 Å². The molecule has 0 bridgehead atoms. The third-order valence-corrected chi connectivity index (χ3v) is 3.72. The van der Waals surface area contributed by atoms with E-state index in [-0.39, 0.29) is 18.6 Å². The van der Waals surface area contributed by atoms with Crippen molar-refractivity contribution < 1.29 is 9.90 Å². The van der Waals surface area contributed by atoms with E-state index >= 15 is 0 Å². The predicted octanol–water partition coefficient (Wildman–Crippen LogP) is 2.44. The van der Waals surface area contributed by atoms with Gasteiger partial charge in [-0.3, -0.25) is 4.79 Å². The van der Waals surface area contributed by atoms with E-state index < -0.39 is 0 Å². The summed E-state index contributed by atoms with van der Waals surface area (Å²) in [4.78, 5) is 14.1. The molecule has 17 heavy (non-hydrogen) atoms. The summed E-state index contributed by atoms with van der Waals surface area (Å²) in [5.74, 6) is 0.0243. The second kappa shape index (κ2) is 5.65. The monoisotopic (exact) mass is 297 g/mol. The van der Waals surface area contributed by atoms with Crippen molar-refractivity contribution >= 4 is 21.8 Å². The summed E-state index contributed by atoms with van der Waals surface area (Å²) in [6.07, 6.45) is 3.02. The molecule has 1 saturated heterocycles. The average Bonchev–Trinajstić information content (AvgIpc) is 2.39. The van der Waals surface area contributed by atoms with E-state index in [0.717, 1.165) is 30.3 Å². The van der Waals surface area contributed by atoms with Crippen molar-refractivity contribution in [3.63, 3.8) is 0 Å². The number of halogens is 1. The van der Waals surface area contributed by atoms with Crippen LogP contribution in [0.25, 0.3) is 0 Å². The lowest BCUT2D eigenvalue weighted by Gasteiger charge is -2.34. The fraction of sp³-hybridized carbons (Fsp3) is 0.462. The molecule has 0 radical (unpaired) electrons. The van der Waals surface area contributed by atoms with Crippen LogP contribution in [0, 0.1) is 0 Å². The van der Waals surface area contributed by atoms with Gasteiger partial charge in [0.15, 0.2) is 0 Å². The minimum Gasteiger partial charge on any atom is -0.394 e. The topological polar surface area (TPSA) is 40.5 Å². The first kappa shape index (κ1) is 12.6. The molecule has 1 N–H and O–H groups in total. The highest BCUT2D eigenvalue weighted by atomic mass is 79.9. The molecular weight excluding hydrogens is 282 g/mol. The maximum Gasteiger partial charge on any atom is 0.254 e. The molecule has 0 spiro atoms. The lowest BCUT2D eigenvalue weighted by molar-refractivity contribution is 0.0503. The molecular formula is C13H16BrNO2. The van der Waals surface area contributed by atoms with Gasteiger partial charge in [0.25, 0.3) is 5.91 Å². The Hall–Kier alpha value is -0.870. The van der Waals surface area contributed by atoms with Gasteiger partial charge < -0.3 is 10.0 Å². The van der Waals surface area contributed by atoms with Gasteiger partial charge >= 0.3 is 0 Å². The second-order valence-corrected chi connectivity index (χ2v) is 5.25. The SMILES string of the molecule is O=C(c1ccc(Br)cc1)N1CCCC[C@H]1CO. The molecule has 1 aromatic carbocycles. The summed E-state index contributed by atoms with van der Waals surface area (Å²) in [5.41, 5.74) is 0.688. The van der Waals surface area contributed by atoms with Gasteiger partial charge in [-0.15, -0.1) is 0 Å². The molecule has 0 unspecified atom stereocenters. The van der Waals surface area contributed by atoms with Crippen LogP contribution in [0.2, 0.25) is 0 Å². The molecule has 1 aliphatic rings. The van der Waals surface area contributed by atoms with E-state index in [4.69, 9.17) is 0 Å². The van der Waals surface area contributed by atoms with Gasteiger partial charge in [-0.2, -0.15) is 0 Å². The third-order valence-electron chi connectivity index (χ3n) is 3.19. The number of hydrogen-bond donors (Lipinski definition) is 1. The van der Waals surface area contributed by atoms with E-state index in [2.05, 4.69) is 15.9 Å². The van der Waals surface area contributed by atoms with E-state index in [1.807, 2.05) is 24.3 Å². The number of piperidine rings is 1. The Kier molecular flexibility index (Phi) is 4.18. The Labute approximate surface area is 110 Å². The zero-order valence-corrected chi connectivity index (χ0v) is 11.2. The number of nitrogens with zero attached hydrogens (tertiary/aromatic N) is 1. The molecule has 0 aromatic heterocycles. The van der Waals surface area contributed by atoms with Crippen LogP contribution in [0.4, 0.5) is 0 Å². The molecule has 92 valence electrons. The summed E-state index contributed by atoms with van der Waals surface area (Å²) in [6, 6.07) is 7.35. The zero-order chi connectivity index (χ0) is 12.3. The van der Waals surface area contributed by atoms with Crippen LogP contribution in [0.1, 0.15) is 29.6 Å². The van der Waals surface area contributed by atoms with Crippen LogP contribution in [-0.2, 0) is 0 Å². The van der Waals surface area contributed by atoms with Crippen LogP contribution in [0.15, 0.2) is 28.7 Å². The number of carbonyl (C=O) groups is 1. The summed E-state index contributed by atoms with van der Waals surface area (Å²) in [5, 5.41) is 9.30. The van der Waals surface area contributed by atoms with Crippen molar-refractivity contribution in [1.29, 1.82) is 0 Å². The summed E-state index contributed by atoms with van der Waals surface area (Å²) in [6.45, 7) is 0.808. The van der Waals surface area contributed by atoms with Crippen molar-refractivity contribution in [2.24, 2.45) is 0 Å². The van der Waals surface area contributed by atoms with Crippen LogP contribution in [-0.4, -0.2) is 35.1 Å². The largest absolute Gasteiger partial charge is 0.394 e. The zero-order valence-electron chi connectivity index (χ0n) is 9.60. The Morgan fingerprint density at radius 2 is 2.06 bits per heavy atom. The second-order valence-electron chi connectivity index (χ2n) is 4.34. The molecule has 1 aromatic rings. The van der Waals surface area contributed by atoms with Crippen LogP contribution >= 0.6 is 15.9 Å². The first-order valence-corrected chi connectivity index (χ1v) is 6.69. The van der Waals surface area contributed by atoms with Gasteiger partial charge in [0.05, 0.1) is 12.6 Å². The van der Waals surface area contributed by atoms with Crippen LogP contribution in [0.3, 0.4) is 0 Å². The number of aliphatic hydroxyl groups excluding tert-OH is 1. The summed E-state index contributed by atoms with van der Waals surface area (Å²) >= 11 is 3.35. The Balaban J connectivity index is 2.15. The van der Waals surface area contributed by atoms with Gasteiger partial charge in [0, 0.05) is 16.6 Å². The Bertz CT molecular complexity index is 391. The van der Waals surface area contributed by atoms with Crippen LogP contribution < -0.4 is 0 Å². The Morgan fingerprint density at radius 3 is 2.71 bits per heavy atom. The number of benzene rings is 1. The van der Waals surface area contributed by atoms with Crippen molar-refractivity contribution in [2.75, 3.05) is 13.2 Å². The van der Waals surface area contributed by atoms with Gasteiger partial charge in [0.2, 0.25) is 0 Å². The minimum absolute atomic E-state index is 0.0140. The summed E-state index contributed by atoms with van der Waals surface area (Å²) < 4.78 is 0.964. The van der Waals surface area contributed by atoms with Crippen molar-refractivity contribution in [2.45, 2.75) is 25.3 Å². The number of carbonyl (C=O) groups excluding carboxylic acids is 1. The molecule has 3 nitrogen and oxygen atoms in total. The predicted molar refractivity (Wildman–Crippen MR) is 69.9 cm³/mol. The fourth-order valence-corrected chi connectivity index (χ4v) is 2.48. The fourth-order valence-electron chi connectivity index (χ4n) is 2.22. The maximum atomic E-state index is 12.3. The lowest BCUT2D eigenvalue weighted by Crippen LogP contribution is -2.45. The van der Waals surface area contributed by atoms with E-state index in [1.165, 1.54) is 0 Å².